The fourth-order valence-electron chi connectivity index (χ4n) is 2.06. The van der Waals surface area contributed by atoms with E-state index in [-0.39, 0.29) is 17.3 Å². The molecule has 18 heavy (non-hydrogen) atoms. The van der Waals surface area contributed by atoms with E-state index in [0.717, 1.165) is 0 Å². The van der Waals surface area contributed by atoms with Crippen LogP contribution in [-0.4, -0.2) is 69.7 Å². The molecule has 0 radical (unpaired) electrons. The van der Waals surface area contributed by atoms with E-state index in [1.165, 1.54) is 0 Å². The van der Waals surface area contributed by atoms with Crippen LogP contribution in [0, 0.1) is 0 Å². The molecule has 0 unspecified atom stereocenters. The van der Waals surface area contributed by atoms with E-state index in [2.05, 4.69) is 19.7 Å². The second kappa shape index (κ2) is 6.44. The Bertz CT molecular complexity index is 285. The second-order valence-electron chi connectivity index (χ2n) is 4.61. The Labute approximate surface area is 107 Å². The average Bonchev–Trinajstić information content (AvgIpc) is 2.12. The molecular weight excluding hydrogens is 234 g/mol. The molecule has 1 heterocycles. The smallest absolute Gasteiger partial charge is 0.0992 e. The third kappa shape index (κ3) is 5.22. The summed E-state index contributed by atoms with van der Waals surface area (Å²) in [6.07, 6.45) is 0. The van der Waals surface area contributed by atoms with Crippen molar-refractivity contribution in [1.82, 2.24) is 14.7 Å². The molecule has 102 valence electrons. The Morgan fingerprint density at radius 2 is 0.889 bits per heavy atom. The number of rotatable bonds is 6. The minimum atomic E-state index is 0.0856. The van der Waals surface area contributed by atoms with Gasteiger partial charge in [0.25, 0.3) is 0 Å². The zero-order valence-electron chi connectivity index (χ0n) is 10.5. The van der Waals surface area contributed by atoms with Gasteiger partial charge in [-0.3, -0.25) is 14.7 Å². The van der Waals surface area contributed by atoms with Crippen LogP contribution in [0.5, 0.6) is 0 Å². The van der Waals surface area contributed by atoms with Gasteiger partial charge in [0.1, 0.15) is 0 Å². The molecule has 0 spiro atoms. The van der Waals surface area contributed by atoms with Crippen molar-refractivity contribution in [3.05, 3.63) is 37.0 Å². The lowest BCUT2D eigenvalue weighted by Gasteiger charge is -2.41. The van der Waals surface area contributed by atoms with Crippen LogP contribution >= 0.6 is 0 Å². The average molecular weight is 255 g/mol. The Hall–Kier alpha value is -1.50. The van der Waals surface area contributed by atoms with Gasteiger partial charge in [-0.25, -0.2) is 0 Å². The van der Waals surface area contributed by atoms with Gasteiger partial charge in [0.2, 0.25) is 0 Å². The van der Waals surface area contributed by atoms with Crippen molar-refractivity contribution in [2.75, 3.05) is 39.6 Å². The third-order valence-corrected chi connectivity index (χ3v) is 2.42. The Morgan fingerprint density at radius 1 is 0.667 bits per heavy atom. The molecule has 0 bridgehead atoms. The highest BCUT2D eigenvalue weighted by atomic mass is 16.3. The molecule has 6 nitrogen and oxygen atoms in total. The van der Waals surface area contributed by atoms with Gasteiger partial charge in [-0.15, -0.1) is 0 Å². The van der Waals surface area contributed by atoms with Gasteiger partial charge < -0.3 is 15.3 Å². The summed E-state index contributed by atoms with van der Waals surface area (Å²) in [6.45, 7) is 13.2. The normalized spacial score (nSPS) is 18.7. The van der Waals surface area contributed by atoms with E-state index in [0.29, 0.717) is 39.6 Å². The SMILES string of the molecule is C=C(O)CN1CN(CC(=C)O)CN(CC(=C)O)C1. The largest absolute Gasteiger partial charge is 0.512 e. The third-order valence-electron chi connectivity index (χ3n) is 2.42. The van der Waals surface area contributed by atoms with Gasteiger partial charge in [-0.2, -0.15) is 0 Å². The molecule has 0 amide bonds. The maximum atomic E-state index is 9.23. The van der Waals surface area contributed by atoms with Crippen LogP contribution in [0.3, 0.4) is 0 Å². The molecule has 1 fully saturated rings. The first-order chi connectivity index (χ1) is 8.36. The number of hydrogen-bond donors (Lipinski definition) is 3. The molecule has 0 atom stereocenters. The van der Waals surface area contributed by atoms with E-state index in [9.17, 15) is 15.3 Å². The van der Waals surface area contributed by atoms with E-state index < -0.39 is 0 Å². The van der Waals surface area contributed by atoms with E-state index in [4.69, 9.17) is 0 Å². The summed E-state index contributed by atoms with van der Waals surface area (Å²) in [7, 11) is 0. The molecule has 1 saturated heterocycles. The maximum absolute atomic E-state index is 9.23. The Kier molecular flexibility index (Phi) is 5.21. The highest BCUT2D eigenvalue weighted by Gasteiger charge is 2.24. The Morgan fingerprint density at radius 3 is 1.06 bits per heavy atom. The minimum absolute atomic E-state index is 0.0856. The van der Waals surface area contributed by atoms with Gasteiger partial charge >= 0.3 is 0 Å². The second-order valence-corrected chi connectivity index (χ2v) is 4.61. The number of hydrogen-bond acceptors (Lipinski definition) is 6. The van der Waals surface area contributed by atoms with Gasteiger partial charge in [0.05, 0.1) is 56.9 Å². The van der Waals surface area contributed by atoms with Gasteiger partial charge in [0, 0.05) is 0 Å². The van der Waals surface area contributed by atoms with Crippen molar-refractivity contribution < 1.29 is 15.3 Å². The fraction of sp³-hybridized carbons (Fsp3) is 0.500. The molecule has 3 N–H and O–H groups in total. The van der Waals surface area contributed by atoms with Crippen LogP contribution in [0.2, 0.25) is 0 Å². The minimum Gasteiger partial charge on any atom is -0.512 e. The van der Waals surface area contributed by atoms with Gasteiger partial charge in [0.15, 0.2) is 0 Å². The summed E-state index contributed by atoms with van der Waals surface area (Å²) < 4.78 is 0. The van der Waals surface area contributed by atoms with Crippen molar-refractivity contribution in [2.45, 2.75) is 0 Å². The first-order valence-corrected chi connectivity index (χ1v) is 5.64. The van der Waals surface area contributed by atoms with Crippen LogP contribution in [0.25, 0.3) is 0 Å². The summed E-state index contributed by atoms with van der Waals surface area (Å²) in [5, 5.41) is 27.7. The van der Waals surface area contributed by atoms with Crippen molar-refractivity contribution >= 4 is 0 Å². The van der Waals surface area contributed by atoms with Crippen LogP contribution in [-0.2, 0) is 0 Å². The number of aliphatic hydroxyl groups excluding tert-OH is 3. The first kappa shape index (κ1) is 14.6. The molecule has 1 aliphatic rings. The molecule has 1 rings (SSSR count). The Balaban J connectivity index is 2.62. The lowest BCUT2D eigenvalue weighted by molar-refractivity contribution is -0.0268. The summed E-state index contributed by atoms with van der Waals surface area (Å²) in [5.41, 5.74) is 0. The van der Waals surface area contributed by atoms with E-state index >= 15 is 0 Å². The summed E-state index contributed by atoms with van der Waals surface area (Å²) >= 11 is 0. The highest BCUT2D eigenvalue weighted by molar-refractivity contribution is 4.91. The molecule has 6 heteroatoms. The molecule has 0 aromatic rings. The van der Waals surface area contributed by atoms with Crippen LogP contribution in [0.4, 0.5) is 0 Å². The molecule has 1 aliphatic heterocycles. The van der Waals surface area contributed by atoms with Crippen LogP contribution < -0.4 is 0 Å². The van der Waals surface area contributed by atoms with Crippen molar-refractivity contribution in [2.24, 2.45) is 0 Å². The molecular formula is C12H21N3O3. The first-order valence-electron chi connectivity index (χ1n) is 5.64. The van der Waals surface area contributed by atoms with Crippen molar-refractivity contribution in [3.63, 3.8) is 0 Å². The van der Waals surface area contributed by atoms with Crippen LogP contribution in [0.1, 0.15) is 0 Å². The standard InChI is InChI=1S/C12H21N3O3/c1-10(16)4-13-7-14(5-11(2)17)9-15(8-13)6-12(3)18/h16-18H,1-9H2. The highest BCUT2D eigenvalue weighted by Crippen LogP contribution is 2.10. The summed E-state index contributed by atoms with van der Waals surface area (Å²) in [5.74, 6) is 0.257. The van der Waals surface area contributed by atoms with Crippen molar-refractivity contribution in [3.8, 4) is 0 Å². The zero-order chi connectivity index (χ0) is 13.7. The van der Waals surface area contributed by atoms with E-state index in [1.54, 1.807) is 0 Å². The molecule has 0 aromatic heterocycles. The predicted octanol–water partition coefficient (Wildman–Crippen LogP) is 0.994. The fourth-order valence-corrected chi connectivity index (χ4v) is 2.06. The summed E-state index contributed by atoms with van der Waals surface area (Å²) in [4.78, 5) is 5.83. The van der Waals surface area contributed by atoms with Crippen LogP contribution in [0.15, 0.2) is 37.0 Å². The lowest BCUT2D eigenvalue weighted by atomic mass is 10.4. The maximum Gasteiger partial charge on any atom is 0.0992 e. The van der Waals surface area contributed by atoms with Crippen molar-refractivity contribution in [1.29, 1.82) is 0 Å². The lowest BCUT2D eigenvalue weighted by Crippen LogP contribution is -2.55. The zero-order valence-corrected chi connectivity index (χ0v) is 10.5. The topological polar surface area (TPSA) is 70.4 Å². The predicted molar refractivity (Wildman–Crippen MR) is 70.0 cm³/mol. The molecule has 0 aliphatic carbocycles. The van der Waals surface area contributed by atoms with E-state index in [1.807, 2.05) is 14.7 Å². The molecule has 0 saturated carbocycles. The number of nitrogens with zero attached hydrogens (tertiary/aromatic N) is 3. The van der Waals surface area contributed by atoms with Gasteiger partial charge in [-0.05, 0) is 0 Å². The summed E-state index contributed by atoms with van der Waals surface area (Å²) in [6, 6.07) is 0. The van der Waals surface area contributed by atoms with Gasteiger partial charge in [-0.1, -0.05) is 19.7 Å². The molecule has 0 aromatic carbocycles. The number of aliphatic hydroxyl groups is 3. The monoisotopic (exact) mass is 255 g/mol. The quantitative estimate of drug-likeness (QED) is 0.615.